The lowest BCUT2D eigenvalue weighted by molar-refractivity contribution is 0.00878. The lowest BCUT2D eigenvalue weighted by Crippen LogP contribution is -2.31. The van der Waals surface area contributed by atoms with Crippen LogP contribution in [0.25, 0.3) is 0 Å². The highest BCUT2D eigenvalue weighted by molar-refractivity contribution is 6.59. The van der Waals surface area contributed by atoms with Crippen LogP contribution in [-0.4, -0.2) is 30.4 Å². The Bertz CT molecular complexity index is 428. The highest BCUT2D eigenvalue weighted by Gasteiger charge is 2.20. The normalized spacial score (nSPS) is 22.6. The van der Waals surface area contributed by atoms with Crippen LogP contribution in [0, 0.1) is 5.92 Å². The third-order valence-electron chi connectivity index (χ3n) is 4.02. The van der Waals surface area contributed by atoms with Gasteiger partial charge in [-0.3, -0.25) is 0 Å². The summed E-state index contributed by atoms with van der Waals surface area (Å²) in [5, 5.41) is 18.7. The molecule has 5 heteroatoms. The van der Waals surface area contributed by atoms with E-state index >= 15 is 0 Å². The molecule has 1 fully saturated rings. The quantitative estimate of drug-likeness (QED) is 0.801. The highest BCUT2D eigenvalue weighted by atomic mass is 16.5. The zero-order valence-corrected chi connectivity index (χ0v) is 12.2. The Labute approximate surface area is 120 Å². The molecule has 2 rings (SSSR count). The molecule has 1 aromatic carbocycles. The largest absolute Gasteiger partial charge is 0.497 e. The van der Waals surface area contributed by atoms with Crippen molar-refractivity contribution in [3.8, 4) is 5.75 Å². The minimum atomic E-state index is -1.53. The van der Waals surface area contributed by atoms with E-state index in [1.54, 1.807) is 12.1 Å². The molecule has 0 aliphatic heterocycles. The molecule has 0 bridgehead atoms. The molecule has 2 N–H and O–H groups in total. The number of benzene rings is 1. The maximum atomic E-state index is 9.34. The van der Waals surface area contributed by atoms with Gasteiger partial charge in [0.15, 0.2) is 0 Å². The van der Waals surface area contributed by atoms with Crippen LogP contribution in [0.1, 0.15) is 38.2 Å². The number of methoxy groups -OCH3 is 1. The van der Waals surface area contributed by atoms with Gasteiger partial charge in [0.05, 0.1) is 19.8 Å². The second-order valence-electron chi connectivity index (χ2n) is 5.64. The Morgan fingerprint density at radius 1 is 1.20 bits per heavy atom. The van der Waals surface area contributed by atoms with E-state index in [0.29, 0.717) is 23.9 Å². The molecule has 20 heavy (non-hydrogen) atoms. The van der Waals surface area contributed by atoms with Crippen molar-refractivity contribution < 1.29 is 19.5 Å². The van der Waals surface area contributed by atoms with E-state index in [2.05, 4.69) is 6.92 Å². The fourth-order valence-corrected chi connectivity index (χ4v) is 2.69. The van der Waals surface area contributed by atoms with Gasteiger partial charge in [0, 0.05) is 5.46 Å². The SMILES string of the molecule is COc1ccc(COC2CCC(C)CC2)cc1B(O)O. The molecule has 4 nitrogen and oxygen atoms in total. The predicted molar refractivity (Wildman–Crippen MR) is 79.0 cm³/mol. The summed E-state index contributed by atoms with van der Waals surface area (Å²) in [5.41, 5.74) is 1.32. The van der Waals surface area contributed by atoms with Crippen molar-refractivity contribution in [1.82, 2.24) is 0 Å². The molecular formula is C15H23BO4. The standard InChI is InChI=1S/C15H23BO4/c1-11-3-6-13(7-4-11)20-10-12-5-8-15(19-2)14(9-12)16(17)18/h5,8-9,11,13,17-18H,3-4,6-7,10H2,1-2H3. The Balaban J connectivity index is 1.94. The van der Waals surface area contributed by atoms with Crippen molar-refractivity contribution in [3.05, 3.63) is 23.8 Å². The molecule has 0 saturated heterocycles. The second-order valence-corrected chi connectivity index (χ2v) is 5.64. The topological polar surface area (TPSA) is 58.9 Å². The summed E-state index contributed by atoms with van der Waals surface area (Å²) in [6.45, 7) is 2.79. The van der Waals surface area contributed by atoms with Crippen molar-refractivity contribution in [2.45, 2.75) is 45.3 Å². The van der Waals surface area contributed by atoms with E-state index < -0.39 is 7.12 Å². The molecular weight excluding hydrogens is 255 g/mol. The number of rotatable bonds is 5. The van der Waals surface area contributed by atoms with Crippen LogP contribution in [-0.2, 0) is 11.3 Å². The van der Waals surface area contributed by atoms with Gasteiger partial charge in [0.25, 0.3) is 0 Å². The molecule has 1 aromatic rings. The average Bonchev–Trinajstić information content (AvgIpc) is 2.46. The fourth-order valence-electron chi connectivity index (χ4n) is 2.69. The van der Waals surface area contributed by atoms with Crippen molar-refractivity contribution in [2.24, 2.45) is 5.92 Å². The first-order valence-corrected chi connectivity index (χ1v) is 7.24. The van der Waals surface area contributed by atoms with E-state index in [4.69, 9.17) is 9.47 Å². The molecule has 0 amide bonds. The van der Waals surface area contributed by atoms with Gasteiger partial charge in [-0.25, -0.2) is 0 Å². The molecule has 0 heterocycles. The summed E-state index contributed by atoms with van der Waals surface area (Å²) in [6, 6.07) is 5.38. The summed E-state index contributed by atoms with van der Waals surface area (Å²) in [6.07, 6.45) is 5.03. The third kappa shape index (κ3) is 3.98. The molecule has 110 valence electrons. The third-order valence-corrected chi connectivity index (χ3v) is 4.02. The molecule has 0 atom stereocenters. The van der Waals surface area contributed by atoms with Crippen LogP contribution >= 0.6 is 0 Å². The van der Waals surface area contributed by atoms with Crippen LogP contribution in [0.4, 0.5) is 0 Å². The first-order chi connectivity index (χ1) is 9.60. The fraction of sp³-hybridized carbons (Fsp3) is 0.600. The number of hydrogen-bond donors (Lipinski definition) is 2. The minimum Gasteiger partial charge on any atom is -0.497 e. The Morgan fingerprint density at radius 2 is 1.90 bits per heavy atom. The smallest absolute Gasteiger partial charge is 0.492 e. The minimum absolute atomic E-state index is 0.329. The molecule has 0 unspecified atom stereocenters. The maximum Gasteiger partial charge on any atom is 0.492 e. The van der Waals surface area contributed by atoms with Crippen molar-refractivity contribution in [2.75, 3.05) is 7.11 Å². The van der Waals surface area contributed by atoms with Gasteiger partial charge in [-0.2, -0.15) is 0 Å². The summed E-state index contributed by atoms with van der Waals surface area (Å²) < 4.78 is 11.0. The van der Waals surface area contributed by atoms with Gasteiger partial charge >= 0.3 is 7.12 Å². The van der Waals surface area contributed by atoms with Gasteiger partial charge in [-0.05, 0) is 43.2 Å². The average molecular weight is 278 g/mol. The molecule has 1 aliphatic carbocycles. The predicted octanol–water partition coefficient (Wildman–Crippen LogP) is 1.47. The highest BCUT2D eigenvalue weighted by Crippen LogP contribution is 2.26. The van der Waals surface area contributed by atoms with Gasteiger partial charge < -0.3 is 19.5 Å². The lowest BCUT2D eigenvalue weighted by atomic mass is 9.79. The van der Waals surface area contributed by atoms with E-state index in [0.717, 1.165) is 24.3 Å². The van der Waals surface area contributed by atoms with Crippen LogP contribution in [0.3, 0.4) is 0 Å². The van der Waals surface area contributed by atoms with Crippen molar-refractivity contribution in [1.29, 1.82) is 0 Å². The lowest BCUT2D eigenvalue weighted by Gasteiger charge is -2.26. The number of ether oxygens (including phenoxy) is 2. The Kier molecular flexibility index (Phi) is 5.46. The summed E-state index contributed by atoms with van der Waals surface area (Å²) in [5.74, 6) is 1.29. The maximum absolute atomic E-state index is 9.34. The summed E-state index contributed by atoms with van der Waals surface area (Å²) in [4.78, 5) is 0. The monoisotopic (exact) mass is 278 g/mol. The van der Waals surface area contributed by atoms with E-state index in [1.165, 1.54) is 20.0 Å². The van der Waals surface area contributed by atoms with Gasteiger partial charge in [-0.1, -0.05) is 19.1 Å². The Morgan fingerprint density at radius 3 is 2.50 bits per heavy atom. The second kappa shape index (κ2) is 7.11. The molecule has 0 spiro atoms. The summed E-state index contributed by atoms with van der Waals surface area (Å²) >= 11 is 0. The van der Waals surface area contributed by atoms with E-state index in [-0.39, 0.29) is 0 Å². The zero-order chi connectivity index (χ0) is 14.5. The summed E-state index contributed by atoms with van der Waals surface area (Å²) in [7, 11) is -0.0129. The first kappa shape index (κ1) is 15.4. The molecule has 0 radical (unpaired) electrons. The van der Waals surface area contributed by atoms with Crippen molar-refractivity contribution in [3.63, 3.8) is 0 Å². The Hall–Kier alpha value is -1.04. The molecule has 1 saturated carbocycles. The van der Waals surface area contributed by atoms with E-state index in [1.807, 2.05) is 6.07 Å². The van der Waals surface area contributed by atoms with Crippen LogP contribution in [0.15, 0.2) is 18.2 Å². The van der Waals surface area contributed by atoms with Crippen LogP contribution in [0.2, 0.25) is 0 Å². The molecule has 0 aromatic heterocycles. The first-order valence-electron chi connectivity index (χ1n) is 7.24. The molecule has 1 aliphatic rings. The van der Waals surface area contributed by atoms with Crippen molar-refractivity contribution >= 4 is 12.6 Å². The zero-order valence-electron chi connectivity index (χ0n) is 12.2. The van der Waals surface area contributed by atoms with Crippen LogP contribution in [0.5, 0.6) is 5.75 Å². The number of hydrogen-bond acceptors (Lipinski definition) is 4. The van der Waals surface area contributed by atoms with Gasteiger partial charge in [0.2, 0.25) is 0 Å². The van der Waals surface area contributed by atoms with Gasteiger partial charge in [0.1, 0.15) is 5.75 Å². The van der Waals surface area contributed by atoms with E-state index in [9.17, 15) is 10.0 Å². The van der Waals surface area contributed by atoms with Gasteiger partial charge in [-0.15, -0.1) is 0 Å². The van der Waals surface area contributed by atoms with Crippen LogP contribution < -0.4 is 10.2 Å².